The molecule has 1 aromatic carbocycles. The van der Waals surface area contributed by atoms with Crippen molar-refractivity contribution in [3.05, 3.63) is 24.3 Å². The zero-order chi connectivity index (χ0) is 15.2. The van der Waals surface area contributed by atoms with Crippen LogP contribution in [0.25, 0.3) is 0 Å². The normalized spacial score (nSPS) is 11.3. The molecule has 0 heterocycles. The Bertz CT molecular complexity index is 554. The standard InChI is InChI=1S/C13H19NO5S/c1-10(2)20(16,17)7-6-18-13(15)9-19-12-5-3-4-11(14)8-12/h3-5,8,10H,6-7,9,14H2,1-2H3. The van der Waals surface area contributed by atoms with Crippen LogP contribution in [0, 0.1) is 0 Å². The molecule has 0 saturated heterocycles. The number of carbonyl (C=O) groups is 1. The van der Waals surface area contributed by atoms with Gasteiger partial charge in [0.2, 0.25) is 0 Å². The molecule has 0 aliphatic carbocycles. The minimum absolute atomic E-state index is 0.167. The molecule has 20 heavy (non-hydrogen) atoms. The predicted octanol–water partition coefficient (Wildman–Crippen LogP) is 1.01. The van der Waals surface area contributed by atoms with Crippen molar-refractivity contribution in [1.82, 2.24) is 0 Å². The third-order valence-corrected chi connectivity index (χ3v) is 4.74. The van der Waals surface area contributed by atoms with E-state index in [0.717, 1.165) is 0 Å². The fourth-order valence-corrected chi connectivity index (χ4v) is 2.08. The highest BCUT2D eigenvalue weighted by atomic mass is 32.2. The van der Waals surface area contributed by atoms with Gasteiger partial charge < -0.3 is 15.2 Å². The largest absolute Gasteiger partial charge is 0.482 e. The van der Waals surface area contributed by atoms with E-state index in [0.29, 0.717) is 11.4 Å². The molecule has 0 unspecified atom stereocenters. The lowest BCUT2D eigenvalue weighted by molar-refractivity contribution is -0.145. The smallest absolute Gasteiger partial charge is 0.344 e. The van der Waals surface area contributed by atoms with Gasteiger partial charge in [-0.25, -0.2) is 13.2 Å². The van der Waals surface area contributed by atoms with Gasteiger partial charge in [-0.05, 0) is 26.0 Å². The van der Waals surface area contributed by atoms with E-state index in [2.05, 4.69) is 0 Å². The molecular formula is C13H19NO5S. The quantitative estimate of drug-likeness (QED) is 0.596. The summed E-state index contributed by atoms with van der Waals surface area (Å²) in [6.45, 7) is 2.71. The Hall–Kier alpha value is -1.76. The summed E-state index contributed by atoms with van der Waals surface area (Å²) in [5.41, 5.74) is 6.09. The van der Waals surface area contributed by atoms with Gasteiger partial charge in [-0.3, -0.25) is 0 Å². The molecule has 0 atom stereocenters. The lowest BCUT2D eigenvalue weighted by atomic mass is 10.3. The summed E-state index contributed by atoms with van der Waals surface area (Å²) >= 11 is 0. The van der Waals surface area contributed by atoms with Gasteiger partial charge in [-0.1, -0.05) is 6.07 Å². The fraction of sp³-hybridized carbons (Fsp3) is 0.462. The minimum Gasteiger partial charge on any atom is -0.482 e. The van der Waals surface area contributed by atoms with Crippen LogP contribution in [0.1, 0.15) is 13.8 Å². The Morgan fingerprint density at radius 3 is 2.65 bits per heavy atom. The summed E-state index contributed by atoms with van der Waals surface area (Å²) in [7, 11) is -3.20. The van der Waals surface area contributed by atoms with Gasteiger partial charge in [-0.15, -0.1) is 0 Å². The van der Waals surface area contributed by atoms with E-state index in [1.165, 1.54) is 0 Å². The van der Waals surface area contributed by atoms with Crippen molar-refractivity contribution in [2.45, 2.75) is 19.1 Å². The summed E-state index contributed by atoms with van der Waals surface area (Å²) in [5, 5.41) is -0.482. The molecule has 112 valence electrons. The van der Waals surface area contributed by atoms with Crippen LogP contribution in [0.5, 0.6) is 5.75 Å². The number of rotatable bonds is 7. The van der Waals surface area contributed by atoms with E-state index < -0.39 is 21.1 Å². The number of benzene rings is 1. The molecule has 0 aliphatic rings. The molecule has 7 heteroatoms. The number of hydrogen-bond acceptors (Lipinski definition) is 6. The van der Waals surface area contributed by atoms with E-state index in [-0.39, 0.29) is 19.0 Å². The second-order valence-electron chi connectivity index (χ2n) is 4.50. The summed E-state index contributed by atoms with van der Waals surface area (Å²) in [6.07, 6.45) is 0. The van der Waals surface area contributed by atoms with Crippen LogP contribution in [-0.2, 0) is 19.4 Å². The molecule has 0 spiro atoms. The average molecular weight is 301 g/mol. The molecular weight excluding hydrogens is 282 g/mol. The van der Waals surface area contributed by atoms with Crippen molar-refractivity contribution in [3.63, 3.8) is 0 Å². The number of carbonyl (C=O) groups excluding carboxylic acids is 1. The Balaban J connectivity index is 2.31. The Kier molecular flexibility index (Phi) is 5.82. The zero-order valence-electron chi connectivity index (χ0n) is 11.5. The molecule has 0 bridgehead atoms. The van der Waals surface area contributed by atoms with Crippen molar-refractivity contribution >= 4 is 21.5 Å². The molecule has 1 aromatic rings. The molecule has 6 nitrogen and oxygen atoms in total. The molecule has 0 saturated carbocycles. The minimum atomic E-state index is -3.20. The summed E-state index contributed by atoms with van der Waals surface area (Å²) in [5.74, 6) is -0.350. The summed E-state index contributed by atoms with van der Waals surface area (Å²) in [6, 6.07) is 6.64. The van der Waals surface area contributed by atoms with Crippen LogP contribution >= 0.6 is 0 Å². The number of anilines is 1. The second-order valence-corrected chi connectivity index (χ2v) is 7.17. The molecule has 1 rings (SSSR count). The maximum absolute atomic E-state index is 11.5. The van der Waals surface area contributed by atoms with E-state index in [9.17, 15) is 13.2 Å². The average Bonchev–Trinajstić information content (AvgIpc) is 2.36. The highest BCUT2D eigenvalue weighted by Gasteiger charge is 2.16. The van der Waals surface area contributed by atoms with Crippen LogP contribution < -0.4 is 10.5 Å². The van der Waals surface area contributed by atoms with E-state index in [1.807, 2.05) is 0 Å². The molecule has 0 fully saturated rings. The SMILES string of the molecule is CC(C)S(=O)(=O)CCOC(=O)COc1cccc(N)c1. The topological polar surface area (TPSA) is 95.7 Å². The van der Waals surface area contributed by atoms with Gasteiger partial charge in [0, 0.05) is 11.8 Å². The highest BCUT2D eigenvalue weighted by Crippen LogP contribution is 2.14. The monoisotopic (exact) mass is 301 g/mol. The van der Waals surface area contributed by atoms with Crippen LogP contribution in [0.2, 0.25) is 0 Å². The maximum atomic E-state index is 11.5. The number of esters is 1. The number of nitrogens with two attached hydrogens (primary N) is 1. The Labute approximate surface area is 118 Å². The number of sulfone groups is 1. The van der Waals surface area contributed by atoms with E-state index in [4.69, 9.17) is 15.2 Å². The predicted molar refractivity (Wildman–Crippen MR) is 76.2 cm³/mol. The van der Waals surface area contributed by atoms with Crippen molar-refractivity contribution < 1.29 is 22.7 Å². The summed E-state index contributed by atoms with van der Waals surface area (Å²) in [4.78, 5) is 11.4. The number of ether oxygens (including phenoxy) is 2. The van der Waals surface area contributed by atoms with Crippen molar-refractivity contribution in [2.24, 2.45) is 0 Å². The molecule has 2 N–H and O–H groups in total. The van der Waals surface area contributed by atoms with E-state index >= 15 is 0 Å². The van der Waals surface area contributed by atoms with Gasteiger partial charge in [0.1, 0.15) is 12.4 Å². The Morgan fingerprint density at radius 2 is 2.05 bits per heavy atom. The van der Waals surface area contributed by atoms with Gasteiger partial charge in [0.25, 0.3) is 0 Å². The Morgan fingerprint density at radius 1 is 1.35 bits per heavy atom. The van der Waals surface area contributed by atoms with Crippen LogP contribution in [0.3, 0.4) is 0 Å². The molecule has 0 aromatic heterocycles. The molecule has 0 aliphatic heterocycles. The molecule has 0 amide bonds. The van der Waals surface area contributed by atoms with E-state index in [1.54, 1.807) is 38.1 Å². The first-order chi connectivity index (χ1) is 9.31. The first kappa shape index (κ1) is 16.3. The highest BCUT2D eigenvalue weighted by molar-refractivity contribution is 7.91. The van der Waals surface area contributed by atoms with Crippen LogP contribution in [-0.4, -0.2) is 38.6 Å². The second kappa shape index (κ2) is 7.14. The lowest BCUT2D eigenvalue weighted by Gasteiger charge is -2.09. The zero-order valence-corrected chi connectivity index (χ0v) is 12.4. The van der Waals surface area contributed by atoms with Crippen molar-refractivity contribution in [3.8, 4) is 5.75 Å². The third-order valence-electron chi connectivity index (χ3n) is 2.56. The summed E-state index contributed by atoms with van der Waals surface area (Å²) < 4.78 is 33.0. The van der Waals surface area contributed by atoms with Gasteiger partial charge in [0.05, 0.1) is 11.0 Å². The van der Waals surface area contributed by atoms with Gasteiger partial charge in [0.15, 0.2) is 16.4 Å². The van der Waals surface area contributed by atoms with Crippen molar-refractivity contribution in [2.75, 3.05) is 24.7 Å². The first-order valence-corrected chi connectivity index (χ1v) is 7.88. The van der Waals surface area contributed by atoms with Crippen LogP contribution in [0.15, 0.2) is 24.3 Å². The van der Waals surface area contributed by atoms with Gasteiger partial charge in [-0.2, -0.15) is 0 Å². The van der Waals surface area contributed by atoms with Gasteiger partial charge >= 0.3 is 5.97 Å². The number of nitrogen functional groups attached to an aromatic ring is 1. The van der Waals surface area contributed by atoms with Crippen LogP contribution in [0.4, 0.5) is 5.69 Å². The molecule has 0 radical (unpaired) electrons. The van der Waals surface area contributed by atoms with Crippen molar-refractivity contribution in [1.29, 1.82) is 0 Å². The first-order valence-electron chi connectivity index (χ1n) is 6.17. The maximum Gasteiger partial charge on any atom is 0.344 e. The lowest BCUT2D eigenvalue weighted by Crippen LogP contribution is -2.24. The fourth-order valence-electron chi connectivity index (χ4n) is 1.30. The number of hydrogen-bond donors (Lipinski definition) is 1. The third kappa shape index (κ3) is 5.48.